The van der Waals surface area contributed by atoms with E-state index in [4.69, 9.17) is 17.7 Å². The van der Waals surface area contributed by atoms with Crippen LogP contribution in [0.3, 0.4) is 0 Å². The minimum atomic E-state index is -0.239. The average Bonchev–Trinajstić information content (AvgIpc) is 1.60. The van der Waals surface area contributed by atoms with E-state index in [0.717, 1.165) is 171 Å². The number of carbonyl (C=O) groups excluding carboxylic acids is 10. The van der Waals surface area contributed by atoms with Gasteiger partial charge in [-0.05, 0) is 245 Å². The summed E-state index contributed by atoms with van der Waals surface area (Å²) in [5.74, 6) is 2.83. The Morgan fingerprint density at radius 1 is 0.386 bits per heavy atom. The summed E-state index contributed by atoms with van der Waals surface area (Å²) in [6.07, 6.45) is 31.8. The van der Waals surface area contributed by atoms with Crippen LogP contribution in [-0.4, -0.2) is 202 Å². The van der Waals surface area contributed by atoms with E-state index in [1.807, 2.05) is 105 Å². The van der Waals surface area contributed by atoms with Crippen LogP contribution in [0.25, 0.3) is 65.8 Å². The first-order valence-corrected chi connectivity index (χ1v) is 45.1. The lowest BCUT2D eigenvalue weighted by Crippen LogP contribution is -2.40. The van der Waals surface area contributed by atoms with Crippen molar-refractivity contribution in [3.8, 4) is 0 Å². The third-order valence-electron chi connectivity index (χ3n) is 28.4. The molecule has 6 N–H and O–H groups in total. The number of nitrogens with one attached hydrogen (secondary N) is 6. The Kier molecular flexibility index (Phi) is 23.8. The highest BCUT2D eigenvalue weighted by atomic mass is 16.4. The van der Waals surface area contributed by atoms with E-state index in [1.54, 1.807) is 111 Å². The van der Waals surface area contributed by atoms with Gasteiger partial charge in [-0.1, -0.05) is 12.1 Å². The van der Waals surface area contributed by atoms with Crippen LogP contribution >= 0.6 is 0 Å². The van der Waals surface area contributed by atoms with Crippen LogP contribution in [0.15, 0.2) is 207 Å². The molecule has 16 heterocycles. The monoisotopic (exact) mass is 1780 g/mol. The Morgan fingerprint density at radius 3 is 1.19 bits per heavy atom. The second-order valence-corrected chi connectivity index (χ2v) is 36.7. The number of rotatable bonds is 19. The lowest BCUT2D eigenvalue weighted by molar-refractivity contribution is -0.116. The number of furan rings is 4. The van der Waals surface area contributed by atoms with E-state index in [0.29, 0.717) is 143 Å². The lowest BCUT2D eigenvalue weighted by atomic mass is 9.90. The molecule has 8 aliphatic rings. The zero-order valence-electron chi connectivity index (χ0n) is 73.5. The molecule has 674 valence electrons. The number of aryl methyl sites for hydroxylation is 1. The quantitative estimate of drug-likeness (QED) is 0.0438. The van der Waals surface area contributed by atoms with Gasteiger partial charge >= 0.3 is 0 Å². The number of piperidine rings is 4. The minimum absolute atomic E-state index is 0.0200. The molecule has 12 aromatic heterocycles. The maximum absolute atomic E-state index is 13.0. The van der Waals surface area contributed by atoms with Crippen LogP contribution in [-0.2, 0) is 16.0 Å². The zero-order valence-corrected chi connectivity index (χ0v) is 73.5. The van der Waals surface area contributed by atoms with Crippen molar-refractivity contribution in [2.45, 2.75) is 104 Å². The summed E-state index contributed by atoms with van der Waals surface area (Å²) in [4.78, 5) is 169. The van der Waals surface area contributed by atoms with Gasteiger partial charge < -0.3 is 68.8 Å². The topological polar surface area (TPSA) is 415 Å². The maximum atomic E-state index is 13.0. The molecular weight excluding hydrogens is 1680 g/mol. The highest BCUT2D eigenvalue weighted by Crippen LogP contribution is 2.62. The molecular formula is C100H100N18O14. The van der Waals surface area contributed by atoms with Gasteiger partial charge in [0.2, 0.25) is 5.91 Å². The van der Waals surface area contributed by atoms with E-state index in [2.05, 4.69) is 71.4 Å². The molecule has 32 heteroatoms. The van der Waals surface area contributed by atoms with Crippen LogP contribution in [0.5, 0.6) is 0 Å². The number of fused-ring (bicyclic) bond motifs is 6. The molecule has 4 aliphatic carbocycles. The van der Waals surface area contributed by atoms with E-state index < -0.39 is 0 Å². The van der Waals surface area contributed by atoms with Gasteiger partial charge in [-0.3, -0.25) is 77.8 Å². The number of hydrogen-bond donors (Lipinski definition) is 6. The third-order valence-corrected chi connectivity index (χ3v) is 28.4. The number of ketones is 1. The van der Waals surface area contributed by atoms with Crippen molar-refractivity contribution in [2.75, 3.05) is 83.9 Å². The maximum Gasteiger partial charge on any atom is 0.287 e. The van der Waals surface area contributed by atoms with Gasteiger partial charge in [-0.15, -0.1) is 0 Å². The first-order chi connectivity index (χ1) is 64.0. The molecule has 14 aromatic rings. The molecule has 22 rings (SSSR count). The number of likely N-dealkylation sites (tertiary alicyclic amines) is 4. The number of carbonyl (C=O) groups is 10. The fourth-order valence-corrected chi connectivity index (χ4v) is 20.2. The Hall–Kier alpha value is -14.7. The standard InChI is InChI=1S/C26H27N3O4.C25H25N5O3.C25H23N5O3.C24H25N5O4/c1-17(30)11-18-3-2-4-20(12-18)25(32)29-9-6-26(7-10-29)14-21(26)15-28-24(31)22-13-19-5-8-27-16-23(19)33-22;1-15-28-19-3-2-17(10-20(19)29-15)24(32)30-8-5-25(6-9-30)12-18(25)13-27-23(31)21-11-16-4-7-26-14-22(16)33-21;31-23(21-11-16-3-7-27-15-22(16)33-21)28-14-18-12-25(18)5-9-30(10-6-25)24(32)20-2-1-17-13-26-8-4-19(17)29-20;1-15(30)28-19-13-25-7-3-18(19)23(32)29-8-4-24(5-9-29)11-17(24)12-27-22(31)20-10-16-2-6-26-14-21(16)33-20/h2-5,8,12-13,16,21H,6-7,9-11,14-15H2,1H3,(H,28,31);2-4,7,10-11,14,18H,5-6,8-9,12-13H2,1H3,(H,27,31)(H,28,29);1-4,7-8,11,13,15,18H,5-6,9-10,12,14H2,(H,28,31);2-3,6-7,10,13-14,17H,4-5,8-9,11-12H2,1H3,(H,27,31)(H,28,30). The molecule has 8 fully saturated rings. The van der Waals surface area contributed by atoms with E-state index in [1.165, 1.54) is 13.1 Å². The summed E-state index contributed by atoms with van der Waals surface area (Å²) in [7, 11) is 0. The lowest BCUT2D eigenvalue weighted by Gasteiger charge is -2.33. The molecule has 4 unspecified atom stereocenters. The number of aromatic nitrogens is 9. The Bertz CT molecular complexity index is 6680. The number of benzene rings is 2. The molecule has 0 bridgehead atoms. The number of H-pyrrole nitrogens is 1. The largest absolute Gasteiger partial charge is 0.449 e. The van der Waals surface area contributed by atoms with Gasteiger partial charge in [-0.2, -0.15) is 0 Å². The number of Topliss-reactive ketones (excluding diaryl/α,β-unsaturated/α-hetero) is 1. The summed E-state index contributed by atoms with van der Waals surface area (Å²) < 4.78 is 22.4. The summed E-state index contributed by atoms with van der Waals surface area (Å²) in [5, 5.41) is 19.1. The molecule has 2 aromatic carbocycles. The molecule has 32 nitrogen and oxygen atoms in total. The van der Waals surface area contributed by atoms with Gasteiger partial charge in [0, 0.05) is 173 Å². The smallest absolute Gasteiger partial charge is 0.287 e. The van der Waals surface area contributed by atoms with Gasteiger partial charge in [0.15, 0.2) is 45.4 Å². The van der Waals surface area contributed by atoms with Crippen molar-refractivity contribution < 1.29 is 65.6 Å². The number of pyridine rings is 7. The van der Waals surface area contributed by atoms with Crippen molar-refractivity contribution in [1.29, 1.82) is 0 Å². The van der Waals surface area contributed by atoms with Crippen molar-refractivity contribution in [1.82, 2.24) is 85.7 Å². The first-order valence-electron chi connectivity index (χ1n) is 45.1. The van der Waals surface area contributed by atoms with Crippen LogP contribution in [0.2, 0.25) is 0 Å². The van der Waals surface area contributed by atoms with Crippen LogP contribution in [0.4, 0.5) is 5.69 Å². The summed E-state index contributed by atoms with van der Waals surface area (Å²) in [5.41, 5.74) is 9.43. The van der Waals surface area contributed by atoms with Gasteiger partial charge in [0.05, 0.1) is 58.8 Å². The fourth-order valence-electron chi connectivity index (χ4n) is 20.2. The highest BCUT2D eigenvalue weighted by Gasteiger charge is 2.58. The second-order valence-electron chi connectivity index (χ2n) is 36.7. The SMILES string of the molecule is CC(=O)Cc1cccc(C(=O)N2CCC3(CC2)CC3CNC(=O)c2cc3ccncc3o2)c1.CC(=O)Nc1cnccc1C(=O)N1CCC2(CC1)CC2CNC(=O)c1cc2ccncc2o1.Cc1nc2ccc(C(=O)N3CCC4(CC3)CC4CNC(=O)c3cc4ccncc4o3)cc2[nH]1.O=C(NCC1CC12CCN(C(=O)c1ccc3cnccc3n1)CC2)c1cc2ccncc2o1. The predicted molar refractivity (Wildman–Crippen MR) is 488 cm³/mol. The summed E-state index contributed by atoms with van der Waals surface area (Å²) in [6, 6.07) is 34.4. The average molecular weight is 1780 g/mol. The van der Waals surface area contributed by atoms with Crippen molar-refractivity contribution >= 4 is 130 Å². The van der Waals surface area contributed by atoms with Crippen LogP contribution < -0.4 is 26.6 Å². The van der Waals surface area contributed by atoms with Crippen molar-refractivity contribution in [3.63, 3.8) is 0 Å². The molecule has 4 saturated heterocycles. The van der Waals surface area contributed by atoms with Gasteiger partial charge in [-0.25, -0.2) is 9.97 Å². The molecule has 132 heavy (non-hydrogen) atoms. The number of hydrogen-bond acceptors (Lipinski definition) is 22. The van der Waals surface area contributed by atoms with Crippen molar-refractivity contribution in [2.24, 2.45) is 45.3 Å². The summed E-state index contributed by atoms with van der Waals surface area (Å²) in [6.45, 7) is 13.0. The molecule has 9 amide bonds. The number of imidazole rings is 1. The number of anilines is 1. The number of aromatic amines is 1. The predicted octanol–water partition coefficient (Wildman–Crippen LogP) is 13.6. The number of amides is 9. The molecule has 4 spiro atoms. The Morgan fingerprint density at radius 2 is 0.773 bits per heavy atom. The third kappa shape index (κ3) is 18.8. The first kappa shape index (κ1) is 86.6. The highest BCUT2D eigenvalue weighted by molar-refractivity contribution is 6.04. The Labute approximate surface area is 757 Å². The molecule has 4 atom stereocenters. The van der Waals surface area contributed by atoms with E-state index in [9.17, 15) is 47.9 Å². The zero-order chi connectivity index (χ0) is 91.0. The van der Waals surface area contributed by atoms with Crippen molar-refractivity contribution in [3.05, 3.63) is 246 Å². The van der Waals surface area contributed by atoms with Crippen LogP contribution in [0.1, 0.15) is 186 Å². The fraction of sp³-hybridized carbons (Fsp3) is 0.360. The van der Waals surface area contributed by atoms with E-state index >= 15 is 0 Å². The van der Waals surface area contributed by atoms with Crippen LogP contribution in [0, 0.1) is 52.3 Å². The molecule has 0 radical (unpaired) electrons. The minimum Gasteiger partial charge on any atom is -0.449 e. The normalized spacial score (nSPS) is 19.1. The molecule has 4 aliphatic heterocycles. The van der Waals surface area contributed by atoms with Gasteiger partial charge in [0.1, 0.15) is 17.3 Å². The number of nitrogens with zero attached hydrogens (tertiary/aromatic N) is 12. The molecule has 4 saturated carbocycles. The van der Waals surface area contributed by atoms with Gasteiger partial charge in [0.25, 0.3) is 47.3 Å². The Balaban J connectivity index is 0.000000114. The summed E-state index contributed by atoms with van der Waals surface area (Å²) >= 11 is 0. The van der Waals surface area contributed by atoms with E-state index in [-0.39, 0.29) is 80.6 Å². The second kappa shape index (κ2) is 36.3.